The highest BCUT2D eigenvalue weighted by Gasteiger charge is 2.23. The molecule has 0 unspecified atom stereocenters. The minimum absolute atomic E-state index is 0.0375. The number of aliphatic hydroxyl groups excluding tert-OH is 1. The SMILES string of the molecule is CCC(O)(CC)COc1c(C)cc(CO)cc1C. The Bertz CT molecular complexity index is 372. The van der Waals surface area contributed by atoms with Crippen LogP contribution in [-0.2, 0) is 6.61 Å². The Morgan fingerprint density at radius 1 is 1.11 bits per heavy atom. The van der Waals surface area contributed by atoms with Gasteiger partial charge in [-0.15, -0.1) is 0 Å². The quantitative estimate of drug-likeness (QED) is 0.818. The lowest BCUT2D eigenvalue weighted by Gasteiger charge is -2.26. The van der Waals surface area contributed by atoms with Gasteiger partial charge in [0.05, 0.1) is 12.2 Å². The van der Waals surface area contributed by atoms with Gasteiger partial charge in [-0.05, 0) is 43.4 Å². The molecule has 0 heterocycles. The summed E-state index contributed by atoms with van der Waals surface area (Å²) in [4.78, 5) is 0. The summed E-state index contributed by atoms with van der Waals surface area (Å²) in [7, 11) is 0. The summed E-state index contributed by atoms with van der Waals surface area (Å²) in [5.41, 5.74) is 2.12. The molecule has 0 saturated carbocycles. The van der Waals surface area contributed by atoms with Crippen LogP contribution in [0.2, 0.25) is 0 Å². The Kier molecular flexibility index (Phi) is 5.17. The maximum atomic E-state index is 10.2. The normalized spacial score (nSPS) is 11.7. The summed E-state index contributed by atoms with van der Waals surface area (Å²) < 4.78 is 5.78. The standard InChI is InChI=1S/C15H24O3/c1-5-15(17,6-2)10-18-14-11(3)7-13(9-16)8-12(14)4/h7-8,16-17H,5-6,9-10H2,1-4H3. The molecule has 3 heteroatoms. The van der Waals surface area contributed by atoms with Crippen molar-refractivity contribution in [3.63, 3.8) is 0 Å². The van der Waals surface area contributed by atoms with Gasteiger partial charge in [-0.1, -0.05) is 26.0 Å². The second-order valence-corrected chi connectivity index (χ2v) is 4.94. The number of rotatable bonds is 6. The van der Waals surface area contributed by atoms with Gasteiger partial charge in [-0.25, -0.2) is 0 Å². The van der Waals surface area contributed by atoms with Crippen LogP contribution in [-0.4, -0.2) is 22.4 Å². The molecule has 0 aromatic heterocycles. The molecule has 0 fully saturated rings. The topological polar surface area (TPSA) is 49.7 Å². The van der Waals surface area contributed by atoms with E-state index in [1.54, 1.807) is 0 Å². The van der Waals surface area contributed by atoms with Crippen LogP contribution in [0.4, 0.5) is 0 Å². The van der Waals surface area contributed by atoms with Crippen molar-refractivity contribution in [2.24, 2.45) is 0 Å². The van der Waals surface area contributed by atoms with Gasteiger partial charge in [0.1, 0.15) is 12.4 Å². The van der Waals surface area contributed by atoms with Gasteiger partial charge in [-0.3, -0.25) is 0 Å². The minimum atomic E-state index is -0.755. The largest absolute Gasteiger partial charge is 0.490 e. The van der Waals surface area contributed by atoms with E-state index in [4.69, 9.17) is 9.84 Å². The van der Waals surface area contributed by atoms with Crippen LogP contribution >= 0.6 is 0 Å². The minimum Gasteiger partial charge on any atom is -0.490 e. The third-order valence-corrected chi connectivity index (χ3v) is 3.50. The lowest BCUT2D eigenvalue weighted by molar-refractivity contribution is -0.0117. The molecule has 1 rings (SSSR count). The van der Waals surface area contributed by atoms with Crippen molar-refractivity contribution < 1.29 is 14.9 Å². The maximum absolute atomic E-state index is 10.2. The van der Waals surface area contributed by atoms with E-state index < -0.39 is 5.60 Å². The monoisotopic (exact) mass is 252 g/mol. The van der Waals surface area contributed by atoms with Crippen molar-refractivity contribution in [1.29, 1.82) is 0 Å². The predicted molar refractivity (Wildman–Crippen MR) is 72.9 cm³/mol. The van der Waals surface area contributed by atoms with Gasteiger partial charge in [0, 0.05) is 0 Å². The molecular formula is C15H24O3. The first-order chi connectivity index (χ1) is 8.45. The molecule has 0 atom stereocenters. The lowest BCUT2D eigenvalue weighted by atomic mass is 9.99. The molecule has 1 aromatic carbocycles. The summed E-state index contributed by atoms with van der Waals surface area (Å²) in [6, 6.07) is 3.83. The van der Waals surface area contributed by atoms with E-state index in [2.05, 4.69) is 0 Å². The summed E-state index contributed by atoms with van der Waals surface area (Å²) in [6.45, 7) is 8.18. The fourth-order valence-electron chi connectivity index (χ4n) is 2.02. The van der Waals surface area contributed by atoms with E-state index in [1.165, 1.54) is 0 Å². The van der Waals surface area contributed by atoms with Gasteiger partial charge in [0.15, 0.2) is 0 Å². The second kappa shape index (κ2) is 6.21. The molecule has 0 spiro atoms. The number of hydrogen-bond acceptors (Lipinski definition) is 3. The first-order valence-corrected chi connectivity index (χ1v) is 6.52. The van der Waals surface area contributed by atoms with E-state index in [0.717, 1.165) is 22.4 Å². The van der Waals surface area contributed by atoms with Crippen LogP contribution in [0.5, 0.6) is 5.75 Å². The van der Waals surface area contributed by atoms with Crippen LogP contribution in [0.1, 0.15) is 43.4 Å². The second-order valence-electron chi connectivity index (χ2n) is 4.94. The highest BCUT2D eigenvalue weighted by molar-refractivity contribution is 5.43. The smallest absolute Gasteiger partial charge is 0.125 e. The predicted octanol–water partition coefficient (Wildman–Crippen LogP) is 2.73. The van der Waals surface area contributed by atoms with E-state index in [0.29, 0.717) is 19.4 Å². The van der Waals surface area contributed by atoms with Gasteiger partial charge < -0.3 is 14.9 Å². The summed E-state index contributed by atoms with van der Waals surface area (Å²) in [5.74, 6) is 0.813. The fraction of sp³-hybridized carbons (Fsp3) is 0.600. The van der Waals surface area contributed by atoms with Crippen molar-refractivity contribution in [2.75, 3.05) is 6.61 Å². The molecule has 3 nitrogen and oxygen atoms in total. The van der Waals surface area contributed by atoms with Crippen molar-refractivity contribution in [3.05, 3.63) is 28.8 Å². The summed E-state index contributed by atoms with van der Waals surface area (Å²) >= 11 is 0. The Morgan fingerprint density at radius 2 is 1.61 bits per heavy atom. The Labute approximate surface area is 109 Å². The van der Waals surface area contributed by atoms with E-state index in [1.807, 2.05) is 39.8 Å². The van der Waals surface area contributed by atoms with Gasteiger partial charge in [0.2, 0.25) is 0 Å². The zero-order chi connectivity index (χ0) is 13.8. The van der Waals surface area contributed by atoms with E-state index in [-0.39, 0.29) is 6.61 Å². The summed E-state index contributed by atoms with van der Waals surface area (Å²) in [6.07, 6.45) is 1.35. The average molecular weight is 252 g/mol. The maximum Gasteiger partial charge on any atom is 0.125 e. The van der Waals surface area contributed by atoms with Crippen LogP contribution in [0.25, 0.3) is 0 Å². The Balaban J connectivity index is 2.85. The molecule has 0 amide bonds. The molecule has 2 N–H and O–H groups in total. The van der Waals surface area contributed by atoms with Crippen LogP contribution in [0, 0.1) is 13.8 Å². The van der Waals surface area contributed by atoms with Gasteiger partial charge in [-0.2, -0.15) is 0 Å². The zero-order valence-electron chi connectivity index (χ0n) is 11.8. The third kappa shape index (κ3) is 3.47. The molecule has 0 saturated heterocycles. The molecule has 18 heavy (non-hydrogen) atoms. The Hall–Kier alpha value is -1.06. The fourth-order valence-corrected chi connectivity index (χ4v) is 2.02. The molecule has 102 valence electrons. The van der Waals surface area contributed by atoms with Gasteiger partial charge >= 0.3 is 0 Å². The molecule has 0 aliphatic heterocycles. The number of aryl methyl sites for hydroxylation is 2. The van der Waals surface area contributed by atoms with E-state index in [9.17, 15) is 5.11 Å². The van der Waals surface area contributed by atoms with E-state index >= 15 is 0 Å². The Morgan fingerprint density at radius 3 is 2.00 bits per heavy atom. The lowest BCUT2D eigenvalue weighted by Crippen LogP contribution is -2.34. The molecule has 0 bridgehead atoms. The number of hydrogen-bond donors (Lipinski definition) is 2. The molecule has 1 aromatic rings. The molecular weight excluding hydrogens is 228 g/mol. The van der Waals surface area contributed by atoms with Crippen LogP contribution < -0.4 is 4.74 Å². The van der Waals surface area contributed by atoms with Crippen LogP contribution in [0.15, 0.2) is 12.1 Å². The third-order valence-electron chi connectivity index (χ3n) is 3.50. The van der Waals surface area contributed by atoms with Gasteiger partial charge in [0.25, 0.3) is 0 Å². The molecule has 0 aliphatic carbocycles. The number of aliphatic hydroxyl groups is 2. The highest BCUT2D eigenvalue weighted by atomic mass is 16.5. The van der Waals surface area contributed by atoms with Crippen molar-refractivity contribution in [3.8, 4) is 5.75 Å². The van der Waals surface area contributed by atoms with Crippen molar-refractivity contribution in [1.82, 2.24) is 0 Å². The first-order valence-electron chi connectivity index (χ1n) is 6.52. The average Bonchev–Trinajstić information content (AvgIpc) is 2.37. The summed E-state index contributed by atoms with van der Waals surface area (Å²) in [5, 5.41) is 19.3. The zero-order valence-corrected chi connectivity index (χ0v) is 11.8. The highest BCUT2D eigenvalue weighted by Crippen LogP contribution is 2.26. The van der Waals surface area contributed by atoms with Crippen molar-refractivity contribution >= 4 is 0 Å². The molecule has 0 radical (unpaired) electrons. The van der Waals surface area contributed by atoms with Crippen molar-refractivity contribution in [2.45, 2.75) is 52.7 Å². The number of ether oxygens (including phenoxy) is 1. The number of benzene rings is 1. The molecule has 0 aliphatic rings. The first kappa shape index (κ1) is 15.0. The van der Waals surface area contributed by atoms with Crippen LogP contribution in [0.3, 0.4) is 0 Å².